The molecule has 0 unspecified atom stereocenters. The van der Waals surface area contributed by atoms with E-state index in [9.17, 15) is 4.79 Å². The number of nitrogens with one attached hydrogen (secondary N) is 1. The Kier molecular flexibility index (Phi) is 6.07. The van der Waals surface area contributed by atoms with Gasteiger partial charge in [0.2, 0.25) is 11.8 Å². The van der Waals surface area contributed by atoms with Crippen molar-refractivity contribution in [2.75, 3.05) is 0 Å². The fraction of sp³-hybridized carbons (Fsp3) is 0.500. The number of carbonyl (C=O) groups is 1. The zero-order valence-electron chi connectivity index (χ0n) is 15.7. The fourth-order valence-electron chi connectivity index (χ4n) is 3.41. The van der Waals surface area contributed by atoms with E-state index in [1.807, 2.05) is 19.9 Å². The van der Waals surface area contributed by atoms with Crippen LogP contribution in [0.5, 0.6) is 5.88 Å². The maximum Gasteiger partial charge on any atom is 0.220 e. The zero-order chi connectivity index (χ0) is 19.2. The van der Waals surface area contributed by atoms with Crippen molar-refractivity contribution in [3.05, 3.63) is 40.9 Å². The lowest BCUT2D eigenvalue weighted by molar-refractivity contribution is -0.122. The molecule has 2 aromatic heterocycles. The van der Waals surface area contributed by atoms with Crippen LogP contribution in [0.15, 0.2) is 22.9 Å². The third-order valence-corrected chi connectivity index (χ3v) is 4.98. The summed E-state index contributed by atoms with van der Waals surface area (Å²) in [7, 11) is 0. The minimum Gasteiger partial charge on any atom is -0.474 e. The van der Waals surface area contributed by atoms with Crippen molar-refractivity contribution in [2.45, 2.75) is 64.5 Å². The molecular weight excluding hydrogens is 344 g/mol. The SMILES string of the molecule is Cc1noc(C)c1CCC(=O)NC1CCC(Oc2ccc(C#N)cn2)CC1. The van der Waals surface area contributed by atoms with Gasteiger partial charge >= 0.3 is 0 Å². The molecule has 0 atom stereocenters. The molecule has 1 N–H and O–H groups in total. The number of hydrogen-bond acceptors (Lipinski definition) is 6. The summed E-state index contributed by atoms with van der Waals surface area (Å²) in [6.07, 6.45) is 6.22. The molecule has 7 nitrogen and oxygen atoms in total. The summed E-state index contributed by atoms with van der Waals surface area (Å²) in [5.41, 5.74) is 2.40. The van der Waals surface area contributed by atoms with Crippen molar-refractivity contribution >= 4 is 5.91 Å². The van der Waals surface area contributed by atoms with Crippen LogP contribution in [0.1, 0.15) is 54.7 Å². The van der Waals surface area contributed by atoms with E-state index in [0.717, 1.165) is 42.7 Å². The molecule has 0 aromatic carbocycles. The van der Waals surface area contributed by atoms with E-state index in [-0.39, 0.29) is 18.1 Å². The molecule has 0 spiro atoms. The molecule has 1 fully saturated rings. The number of nitriles is 1. The van der Waals surface area contributed by atoms with Gasteiger partial charge < -0.3 is 14.6 Å². The Balaban J connectivity index is 1.39. The van der Waals surface area contributed by atoms with Gasteiger partial charge in [0.15, 0.2) is 0 Å². The van der Waals surface area contributed by atoms with Crippen LogP contribution < -0.4 is 10.1 Å². The van der Waals surface area contributed by atoms with E-state index >= 15 is 0 Å². The smallest absolute Gasteiger partial charge is 0.220 e. The number of hydrogen-bond donors (Lipinski definition) is 1. The van der Waals surface area contributed by atoms with Crippen LogP contribution in [-0.4, -0.2) is 28.2 Å². The molecular formula is C20H24N4O3. The first-order valence-electron chi connectivity index (χ1n) is 9.29. The Hall–Kier alpha value is -2.88. The molecule has 0 radical (unpaired) electrons. The van der Waals surface area contributed by atoms with Crippen LogP contribution in [0.4, 0.5) is 0 Å². The highest BCUT2D eigenvalue weighted by Gasteiger charge is 2.24. The standard InChI is InChI=1S/C20H24N4O3/c1-13-18(14(2)27-24-13)8-9-19(25)23-16-4-6-17(7-5-16)26-20-10-3-15(11-21)12-22-20/h3,10,12,16-17H,4-9H2,1-2H3,(H,23,25). The van der Waals surface area contributed by atoms with E-state index in [1.165, 1.54) is 6.20 Å². The molecule has 1 aliphatic rings. The predicted octanol–water partition coefficient (Wildman–Crippen LogP) is 3.00. The Morgan fingerprint density at radius 1 is 1.33 bits per heavy atom. The number of nitrogens with zero attached hydrogens (tertiary/aromatic N) is 3. The number of aryl methyl sites for hydroxylation is 2. The first-order chi connectivity index (χ1) is 13.0. The highest BCUT2D eigenvalue weighted by molar-refractivity contribution is 5.76. The third kappa shape index (κ3) is 5.07. The van der Waals surface area contributed by atoms with E-state index in [4.69, 9.17) is 14.5 Å². The third-order valence-electron chi connectivity index (χ3n) is 4.98. The van der Waals surface area contributed by atoms with Crippen LogP contribution in [0, 0.1) is 25.2 Å². The highest BCUT2D eigenvalue weighted by Crippen LogP contribution is 2.23. The molecule has 27 heavy (non-hydrogen) atoms. The van der Waals surface area contributed by atoms with Gasteiger partial charge in [-0.3, -0.25) is 4.79 Å². The predicted molar refractivity (Wildman–Crippen MR) is 98.1 cm³/mol. The van der Waals surface area contributed by atoms with Crippen molar-refractivity contribution in [3.63, 3.8) is 0 Å². The van der Waals surface area contributed by atoms with E-state index < -0.39 is 0 Å². The van der Waals surface area contributed by atoms with Gasteiger partial charge in [-0.25, -0.2) is 4.98 Å². The van der Waals surface area contributed by atoms with Gasteiger partial charge in [-0.1, -0.05) is 5.16 Å². The minimum absolute atomic E-state index is 0.0631. The van der Waals surface area contributed by atoms with Crippen molar-refractivity contribution in [1.29, 1.82) is 5.26 Å². The second-order valence-electron chi connectivity index (χ2n) is 6.96. The second-order valence-corrected chi connectivity index (χ2v) is 6.96. The Bertz CT molecular complexity index is 795. The van der Waals surface area contributed by atoms with Crippen LogP contribution in [0.2, 0.25) is 0 Å². The van der Waals surface area contributed by atoms with E-state index in [1.54, 1.807) is 12.1 Å². The zero-order valence-corrected chi connectivity index (χ0v) is 15.7. The molecule has 1 aliphatic carbocycles. The van der Waals surface area contributed by atoms with Gasteiger partial charge in [-0.15, -0.1) is 0 Å². The van der Waals surface area contributed by atoms with Gasteiger partial charge in [0.25, 0.3) is 0 Å². The average molecular weight is 368 g/mol. The Morgan fingerprint density at radius 2 is 2.11 bits per heavy atom. The van der Waals surface area contributed by atoms with Gasteiger partial charge in [0.1, 0.15) is 17.9 Å². The lowest BCUT2D eigenvalue weighted by Crippen LogP contribution is -2.39. The lowest BCUT2D eigenvalue weighted by Gasteiger charge is -2.29. The number of ether oxygens (including phenoxy) is 1. The van der Waals surface area contributed by atoms with Gasteiger partial charge in [0, 0.05) is 30.3 Å². The molecule has 7 heteroatoms. The van der Waals surface area contributed by atoms with Crippen molar-refractivity contribution in [3.8, 4) is 11.9 Å². The number of aromatic nitrogens is 2. The number of pyridine rings is 1. The second kappa shape index (κ2) is 8.67. The average Bonchev–Trinajstić information content (AvgIpc) is 3.00. The van der Waals surface area contributed by atoms with Gasteiger partial charge in [-0.2, -0.15) is 5.26 Å². The summed E-state index contributed by atoms with van der Waals surface area (Å²) in [5, 5.41) is 15.8. The molecule has 0 saturated heterocycles. The summed E-state index contributed by atoms with van der Waals surface area (Å²) in [4.78, 5) is 16.4. The van der Waals surface area contributed by atoms with E-state index in [2.05, 4.69) is 15.5 Å². The van der Waals surface area contributed by atoms with E-state index in [0.29, 0.717) is 24.3 Å². The largest absolute Gasteiger partial charge is 0.474 e. The van der Waals surface area contributed by atoms with Crippen LogP contribution in [0.3, 0.4) is 0 Å². The molecule has 1 amide bonds. The van der Waals surface area contributed by atoms with Gasteiger partial charge in [-0.05, 0) is 52.0 Å². The molecule has 2 aromatic rings. The summed E-state index contributed by atoms with van der Waals surface area (Å²) in [6, 6.07) is 5.66. The summed E-state index contributed by atoms with van der Waals surface area (Å²) < 4.78 is 11.0. The Labute approximate surface area is 158 Å². The van der Waals surface area contributed by atoms with Gasteiger partial charge in [0.05, 0.1) is 11.3 Å². The summed E-state index contributed by atoms with van der Waals surface area (Å²) >= 11 is 0. The minimum atomic E-state index is 0.0631. The maximum atomic E-state index is 12.2. The van der Waals surface area contributed by atoms with Crippen LogP contribution >= 0.6 is 0 Å². The summed E-state index contributed by atoms with van der Waals surface area (Å²) in [6.45, 7) is 3.77. The maximum absolute atomic E-state index is 12.2. The van der Waals surface area contributed by atoms with Crippen molar-refractivity contribution in [1.82, 2.24) is 15.5 Å². The molecule has 142 valence electrons. The number of carbonyl (C=O) groups excluding carboxylic acids is 1. The first-order valence-corrected chi connectivity index (χ1v) is 9.29. The molecule has 0 aliphatic heterocycles. The normalized spacial score (nSPS) is 19.3. The quantitative estimate of drug-likeness (QED) is 0.841. The molecule has 0 bridgehead atoms. The topological polar surface area (TPSA) is 101 Å². The van der Waals surface area contributed by atoms with Crippen LogP contribution in [-0.2, 0) is 11.2 Å². The summed E-state index contributed by atoms with van der Waals surface area (Å²) in [5.74, 6) is 1.39. The monoisotopic (exact) mass is 368 g/mol. The van der Waals surface area contributed by atoms with Crippen molar-refractivity contribution < 1.29 is 14.1 Å². The fourth-order valence-corrected chi connectivity index (χ4v) is 3.41. The molecule has 1 saturated carbocycles. The highest BCUT2D eigenvalue weighted by atomic mass is 16.5. The molecule has 2 heterocycles. The first kappa shape index (κ1) is 18.9. The Morgan fingerprint density at radius 3 is 2.70 bits per heavy atom. The number of rotatable bonds is 6. The lowest BCUT2D eigenvalue weighted by atomic mass is 9.92. The molecule has 3 rings (SSSR count). The van der Waals surface area contributed by atoms with Crippen molar-refractivity contribution in [2.24, 2.45) is 0 Å². The number of amides is 1. The van der Waals surface area contributed by atoms with Crippen LogP contribution in [0.25, 0.3) is 0 Å².